The van der Waals surface area contributed by atoms with Crippen molar-refractivity contribution in [2.45, 2.75) is 19.8 Å². The number of benzene rings is 1. The largest absolute Gasteiger partial charge is 0.495 e. The standard InChI is InChI=1S/C15H17NO3/c1-10(17)7-8-12-9-11-5-4-6-13(19-3)14(11)16(2)15(12)18/h4-6,9H,7-8H2,1-3H3. The number of carbonyl (C=O) groups is 1. The van der Waals surface area contributed by atoms with Gasteiger partial charge >= 0.3 is 0 Å². The van der Waals surface area contributed by atoms with Gasteiger partial charge in [-0.15, -0.1) is 0 Å². The summed E-state index contributed by atoms with van der Waals surface area (Å²) in [5.74, 6) is 0.767. The first-order valence-electron chi connectivity index (χ1n) is 6.19. The number of hydrogen-bond donors (Lipinski definition) is 0. The lowest BCUT2D eigenvalue weighted by Gasteiger charge is -2.11. The minimum Gasteiger partial charge on any atom is -0.495 e. The van der Waals surface area contributed by atoms with Crippen LogP contribution in [0.1, 0.15) is 18.9 Å². The molecule has 1 aromatic carbocycles. The molecule has 4 nitrogen and oxygen atoms in total. The third kappa shape index (κ3) is 2.52. The summed E-state index contributed by atoms with van der Waals surface area (Å²) in [4.78, 5) is 23.3. The predicted octanol–water partition coefficient (Wildman–Crippen LogP) is 2.07. The first kappa shape index (κ1) is 13.3. The Kier molecular flexibility index (Phi) is 3.69. The summed E-state index contributed by atoms with van der Waals surface area (Å²) in [6.07, 6.45) is 0.875. The molecule has 0 saturated carbocycles. The molecule has 2 rings (SSSR count). The molecule has 1 heterocycles. The van der Waals surface area contributed by atoms with Gasteiger partial charge in [0.2, 0.25) is 0 Å². The molecule has 0 aliphatic carbocycles. The molecule has 0 fully saturated rings. The average molecular weight is 259 g/mol. The molecule has 0 unspecified atom stereocenters. The van der Waals surface area contributed by atoms with Crippen LogP contribution in [-0.2, 0) is 18.3 Å². The normalized spacial score (nSPS) is 10.7. The third-order valence-corrected chi connectivity index (χ3v) is 3.24. The van der Waals surface area contributed by atoms with Crippen LogP contribution in [0.5, 0.6) is 5.75 Å². The topological polar surface area (TPSA) is 48.3 Å². The molecular weight excluding hydrogens is 242 g/mol. The van der Waals surface area contributed by atoms with Gasteiger partial charge in [-0.25, -0.2) is 0 Å². The van der Waals surface area contributed by atoms with Gasteiger partial charge in [0.25, 0.3) is 5.56 Å². The van der Waals surface area contributed by atoms with Crippen molar-refractivity contribution in [3.63, 3.8) is 0 Å². The molecule has 2 aromatic rings. The highest BCUT2D eigenvalue weighted by Gasteiger charge is 2.10. The van der Waals surface area contributed by atoms with Crippen molar-refractivity contribution in [2.24, 2.45) is 7.05 Å². The second-order valence-electron chi connectivity index (χ2n) is 4.63. The molecular formula is C15H17NO3. The summed E-state index contributed by atoms with van der Waals surface area (Å²) < 4.78 is 6.87. The van der Waals surface area contributed by atoms with E-state index < -0.39 is 0 Å². The van der Waals surface area contributed by atoms with Gasteiger partial charge < -0.3 is 14.1 Å². The molecule has 0 radical (unpaired) electrons. The number of fused-ring (bicyclic) bond motifs is 1. The molecule has 0 aliphatic heterocycles. The summed E-state index contributed by atoms with van der Waals surface area (Å²) in [5.41, 5.74) is 1.37. The first-order valence-corrected chi connectivity index (χ1v) is 6.19. The molecule has 4 heteroatoms. The van der Waals surface area contributed by atoms with Crippen LogP contribution in [0.2, 0.25) is 0 Å². The zero-order valence-corrected chi connectivity index (χ0v) is 11.4. The number of pyridine rings is 1. The van der Waals surface area contributed by atoms with Gasteiger partial charge in [0.15, 0.2) is 0 Å². The number of aryl methyl sites for hydroxylation is 2. The smallest absolute Gasteiger partial charge is 0.254 e. The van der Waals surface area contributed by atoms with E-state index in [4.69, 9.17) is 4.74 Å². The van der Waals surface area contributed by atoms with Gasteiger partial charge in [-0.05, 0) is 25.5 Å². The van der Waals surface area contributed by atoms with Crippen LogP contribution >= 0.6 is 0 Å². The van der Waals surface area contributed by atoms with Crippen molar-refractivity contribution in [1.29, 1.82) is 0 Å². The van der Waals surface area contributed by atoms with Crippen molar-refractivity contribution >= 4 is 16.7 Å². The zero-order chi connectivity index (χ0) is 14.0. The van der Waals surface area contributed by atoms with Gasteiger partial charge in [0.05, 0.1) is 12.6 Å². The molecule has 0 bridgehead atoms. The molecule has 19 heavy (non-hydrogen) atoms. The van der Waals surface area contributed by atoms with E-state index in [0.29, 0.717) is 24.2 Å². The number of hydrogen-bond acceptors (Lipinski definition) is 3. The maximum atomic E-state index is 12.3. The van der Waals surface area contributed by atoms with Crippen LogP contribution in [0.4, 0.5) is 0 Å². The van der Waals surface area contributed by atoms with Gasteiger partial charge in [-0.1, -0.05) is 12.1 Å². The monoisotopic (exact) mass is 259 g/mol. The first-order chi connectivity index (χ1) is 9.04. The lowest BCUT2D eigenvalue weighted by molar-refractivity contribution is -0.116. The van der Waals surface area contributed by atoms with Gasteiger partial charge in [0.1, 0.15) is 11.5 Å². The number of carbonyl (C=O) groups excluding carboxylic acids is 1. The lowest BCUT2D eigenvalue weighted by Crippen LogP contribution is -2.22. The minimum atomic E-state index is -0.0711. The van der Waals surface area contributed by atoms with E-state index in [1.54, 1.807) is 18.7 Å². The lowest BCUT2D eigenvalue weighted by atomic mass is 10.1. The highest BCUT2D eigenvalue weighted by atomic mass is 16.5. The number of rotatable bonds is 4. The number of methoxy groups -OCH3 is 1. The molecule has 0 saturated heterocycles. The van der Waals surface area contributed by atoms with Crippen molar-refractivity contribution in [3.05, 3.63) is 40.2 Å². The summed E-state index contributed by atoms with van der Waals surface area (Å²) in [6, 6.07) is 7.51. The second kappa shape index (κ2) is 5.26. The van der Waals surface area contributed by atoms with Gasteiger partial charge in [-0.3, -0.25) is 4.79 Å². The Morgan fingerprint density at radius 3 is 2.74 bits per heavy atom. The molecule has 0 spiro atoms. The van der Waals surface area contributed by atoms with E-state index in [0.717, 1.165) is 10.9 Å². The van der Waals surface area contributed by atoms with Crippen molar-refractivity contribution < 1.29 is 9.53 Å². The third-order valence-electron chi connectivity index (χ3n) is 3.24. The molecule has 0 amide bonds. The Morgan fingerprint density at radius 1 is 1.37 bits per heavy atom. The van der Waals surface area contributed by atoms with Crippen molar-refractivity contribution in [3.8, 4) is 5.75 Å². The zero-order valence-electron chi connectivity index (χ0n) is 11.4. The van der Waals surface area contributed by atoms with Crippen LogP contribution in [-0.4, -0.2) is 17.5 Å². The van der Waals surface area contributed by atoms with E-state index in [1.165, 1.54) is 6.92 Å². The quantitative estimate of drug-likeness (QED) is 0.844. The van der Waals surface area contributed by atoms with Crippen LogP contribution in [0.15, 0.2) is 29.1 Å². The van der Waals surface area contributed by atoms with Crippen LogP contribution in [0, 0.1) is 0 Å². The van der Waals surface area contributed by atoms with E-state index >= 15 is 0 Å². The Bertz CT molecular complexity index is 686. The van der Waals surface area contributed by atoms with E-state index in [9.17, 15) is 9.59 Å². The van der Waals surface area contributed by atoms with E-state index in [1.807, 2.05) is 24.3 Å². The predicted molar refractivity (Wildman–Crippen MR) is 74.7 cm³/mol. The van der Waals surface area contributed by atoms with Crippen molar-refractivity contribution in [1.82, 2.24) is 4.57 Å². The highest BCUT2D eigenvalue weighted by molar-refractivity contribution is 5.85. The van der Waals surface area contributed by atoms with Crippen molar-refractivity contribution in [2.75, 3.05) is 7.11 Å². The van der Waals surface area contributed by atoms with Gasteiger partial charge in [-0.2, -0.15) is 0 Å². The van der Waals surface area contributed by atoms with Crippen LogP contribution in [0.25, 0.3) is 10.9 Å². The average Bonchev–Trinajstić information content (AvgIpc) is 2.40. The number of ether oxygens (including phenoxy) is 1. The van der Waals surface area contributed by atoms with Gasteiger partial charge in [0, 0.05) is 24.4 Å². The van der Waals surface area contributed by atoms with E-state index in [-0.39, 0.29) is 11.3 Å². The minimum absolute atomic E-state index is 0.0711. The SMILES string of the molecule is COc1cccc2cc(CCC(C)=O)c(=O)n(C)c12. The molecule has 100 valence electrons. The summed E-state index contributed by atoms with van der Waals surface area (Å²) >= 11 is 0. The Balaban J connectivity index is 2.62. The Hall–Kier alpha value is -2.10. The summed E-state index contributed by atoms with van der Waals surface area (Å²) in [7, 11) is 3.31. The molecule has 1 aromatic heterocycles. The fourth-order valence-electron chi connectivity index (χ4n) is 2.24. The van der Waals surface area contributed by atoms with Crippen LogP contribution in [0.3, 0.4) is 0 Å². The number of para-hydroxylation sites is 1. The number of aromatic nitrogens is 1. The fraction of sp³-hybridized carbons (Fsp3) is 0.333. The molecule has 0 aliphatic rings. The Morgan fingerprint density at radius 2 is 2.11 bits per heavy atom. The summed E-state index contributed by atoms with van der Waals surface area (Å²) in [6.45, 7) is 1.54. The molecule has 0 atom stereocenters. The number of nitrogens with zero attached hydrogens (tertiary/aromatic N) is 1. The second-order valence-corrected chi connectivity index (χ2v) is 4.63. The maximum absolute atomic E-state index is 12.3. The number of Topliss-reactive ketones (excluding diaryl/α,β-unsaturated/α-hetero) is 1. The fourth-order valence-corrected chi connectivity index (χ4v) is 2.24. The van der Waals surface area contributed by atoms with Crippen LogP contribution < -0.4 is 10.3 Å². The summed E-state index contributed by atoms with van der Waals surface area (Å²) in [5, 5.41) is 0.944. The maximum Gasteiger partial charge on any atom is 0.254 e. The molecule has 0 N–H and O–H groups in total. The van der Waals surface area contributed by atoms with E-state index in [2.05, 4.69) is 0 Å². The Labute approximate surface area is 111 Å². The number of ketones is 1. The highest BCUT2D eigenvalue weighted by Crippen LogP contribution is 2.24.